The lowest BCUT2D eigenvalue weighted by Crippen LogP contribution is -2.54. The van der Waals surface area contributed by atoms with Crippen molar-refractivity contribution >= 4 is 11.9 Å². The third-order valence-electron chi connectivity index (χ3n) is 6.48. The maximum absolute atomic E-state index is 12.8. The van der Waals surface area contributed by atoms with Gasteiger partial charge in [0.15, 0.2) is 5.78 Å². The Bertz CT molecular complexity index is 1010. The normalized spacial score (nSPS) is 27.2. The zero-order valence-electron chi connectivity index (χ0n) is 18.3. The summed E-state index contributed by atoms with van der Waals surface area (Å²) in [5.41, 5.74) is 3.09. The first kappa shape index (κ1) is 20.2. The highest BCUT2D eigenvalue weighted by Crippen LogP contribution is 2.56. The van der Waals surface area contributed by atoms with Gasteiger partial charge in [0.25, 0.3) is 0 Å². The number of ketones is 1. The molecule has 2 aromatic rings. The minimum absolute atomic E-state index is 0.0336. The fourth-order valence-corrected chi connectivity index (χ4v) is 5.67. The lowest BCUT2D eigenvalue weighted by atomic mass is 9.76. The van der Waals surface area contributed by atoms with Crippen LogP contribution in [0.25, 0.3) is 11.1 Å². The molecule has 31 heavy (non-hydrogen) atoms. The highest BCUT2D eigenvalue weighted by Gasteiger charge is 2.66. The first-order valence-corrected chi connectivity index (χ1v) is 10.6. The van der Waals surface area contributed by atoms with Gasteiger partial charge in [-0.2, -0.15) is 0 Å². The molecule has 2 fully saturated rings. The molecule has 2 aliphatic heterocycles. The molecule has 6 nitrogen and oxygen atoms in total. The lowest BCUT2D eigenvalue weighted by molar-refractivity contribution is -0.178. The average Bonchev–Trinajstić information content (AvgIpc) is 3.38. The Morgan fingerprint density at radius 1 is 1.06 bits per heavy atom. The van der Waals surface area contributed by atoms with E-state index < -0.39 is 29.4 Å². The van der Waals surface area contributed by atoms with E-state index in [0.717, 1.165) is 22.3 Å². The molecule has 2 saturated heterocycles. The summed E-state index contributed by atoms with van der Waals surface area (Å²) in [6.07, 6.45) is -1.12. The van der Waals surface area contributed by atoms with Gasteiger partial charge in [-0.1, -0.05) is 48.5 Å². The number of nitrogens with zero attached hydrogens (tertiary/aromatic N) is 1. The van der Waals surface area contributed by atoms with Gasteiger partial charge in [0.05, 0.1) is 19.3 Å². The number of amides is 1. The first-order chi connectivity index (χ1) is 14.8. The van der Waals surface area contributed by atoms with Crippen LogP contribution in [0.4, 0.5) is 4.79 Å². The minimum atomic E-state index is -0.939. The van der Waals surface area contributed by atoms with Gasteiger partial charge in [-0.05, 0) is 43.0 Å². The Morgan fingerprint density at radius 3 is 2.19 bits per heavy atom. The molecule has 0 saturated carbocycles. The van der Waals surface area contributed by atoms with Crippen LogP contribution < -0.4 is 0 Å². The van der Waals surface area contributed by atoms with Gasteiger partial charge in [-0.25, -0.2) is 4.79 Å². The van der Waals surface area contributed by atoms with Crippen LogP contribution in [0.2, 0.25) is 0 Å². The summed E-state index contributed by atoms with van der Waals surface area (Å²) in [6, 6.07) is 15.8. The molecule has 0 spiro atoms. The molecular weight excluding hydrogens is 394 g/mol. The van der Waals surface area contributed by atoms with Crippen molar-refractivity contribution in [3.05, 3.63) is 59.7 Å². The number of carbonyl (C=O) groups is 2. The van der Waals surface area contributed by atoms with Crippen LogP contribution in [0.3, 0.4) is 0 Å². The number of methoxy groups -OCH3 is 1. The summed E-state index contributed by atoms with van der Waals surface area (Å²) in [5, 5.41) is 0. The quantitative estimate of drug-likeness (QED) is 0.739. The minimum Gasteiger partial charge on any atom is -0.453 e. The highest BCUT2D eigenvalue weighted by molar-refractivity contribution is 5.92. The molecule has 0 aromatic heterocycles. The fourth-order valence-electron chi connectivity index (χ4n) is 5.67. The van der Waals surface area contributed by atoms with Gasteiger partial charge in [0, 0.05) is 5.92 Å². The summed E-state index contributed by atoms with van der Waals surface area (Å²) in [4.78, 5) is 27.0. The Balaban J connectivity index is 1.75. The smallest absolute Gasteiger partial charge is 0.410 e. The van der Waals surface area contributed by atoms with Gasteiger partial charge >= 0.3 is 6.09 Å². The molecule has 0 bridgehead atoms. The topological polar surface area (TPSA) is 65.1 Å². The van der Waals surface area contributed by atoms with Gasteiger partial charge in [-0.3, -0.25) is 9.69 Å². The van der Waals surface area contributed by atoms with Crippen molar-refractivity contribution in [3.63, 3.8) is 0 Å². The van der Waals surface area contributed by atoms with E-state index in [-0.39, 0.29) is 24.9 Å². The molecule has 2 heterocycles. The van der Waals surface area contributed by atoms with E-state index in [4.69, 9.17) is 14.2 Å². The number of fused-ring (bicyclic) bond motifs is 4. The number of rotatable bonds is 2. The van der Waals surface area contributed by atoms with Crippen molar-refractivity contribution in [1.82, 2.24) is 4.90 Å². The van der Waals surface area contributed by atoms with E-state index >= 15 is 0 Å². The maximum atomic E-state index is 12.8. The summed E-state index contributed by atoms with van der Waals surface area (Å²) >= 11 is 0. The Kier molecular flexibility index (Phi) is 4.50. The molecule has 0 N–H and O–H groups in total. The zero-order chi connectivity index (χ0) is 22.0. The third kappa shape index (κ3) is 2.92. The molecule has 162 valence electrons. The van der Waals surface area contributed by atoms with Crippen LogP contribution in [0.5, 0.6) is 0 Å². The van der Waals surface area contributed by atoms with Gasteiger partial charge in [0.1, 0.15) is 24.4 Å². The van der Waals surface area contributed by atoms with Gasteiger partial charge in [-0.15, -0.1) is 0 Å². The number of benzene rings is 2. The van der Waals surface area contributed by atoms with Crippen LogP contribution in [0.1, 0.15) is 37.8 Å². The standard InChI is InChI=1S/C25H27NO5/c1-24(2,3)31-25(14-26(23(28)29-4)21-19(27)13-30-22(21)25)20-17-11-7-5-9-15(17)16-10-6-8-12-18(16)20/h5-12,20-22H,13-14H2,1-4H3/t21-,22+,25+/m1/s1. The monoisotopic (exact) mass is 421 g/mol. The molecule has 2 aromatic carbocycles. The lowest BCUT2D eigenvalue weighted by Gasteiger charge is -2.44. The molecule has 3 aliphatic rings. The summed E-state index contributed by atoms with van der Waals surface area (Å²) in [5.74, 6) is -0.304. The molecule has 1 amide bonds. The van der Waals surface area contributed by atoms with Crippen molar-refractivity contribution in [3.8, 4) is 11.1 Å². The number of likely N-dealkylation sites (tertiary alicyclic amines) is 1. The van der Waals surface area contributed by atoms with E-state index in [9.17, 15) is 9.59 Å². The number of ether oxygens (including phenoxy) is 3. The molecule has 1 aliphatic carbocycles. The second-order valence-corrected chi connectivity index (χ2v) is 9.52. The van der Waals surface area contributed by atoms with Crippen molar-refractivity contribution < 1.29 is 23.8 Å². The Hall–Kier alpha value is -2.70. The SMILES string of the molecule is COC(=O)N1C[C@](OC(C)(C)C)(C2c3ccccc3-c3ccccc32)[C@H]2OCC(=O)[C@H]21. The first-order valence-electron chi connectivity index (χ1n) is 10.6. The van der Waals surface area contributed by atoms with Crippen LogP contribution in [-0.2, 0) is 19.0 Å². The van der Waals surface area contributed by atoms with Crippen molar-refractivity contribution in [2.45, 2.75) is 50.0 Å². The third-order valence-corrected chi connectivity index (χ3v) is 6.48. The van der Waals surface area contributed by atoms with Crippen LogP contribution >= 0.6 is 0 Å². The molecule has 6 heteroatoms. The molecule has 0 unspecified atom stereocenters. The van der Waals surface area contributed by atoms with Crippen molar-refractivity contribution in [1.29, 1.82) is 0 Å². The predicted molar refractivity (Wildman–Crippen MR) is 115 cm³/mol. The van der Waals surface area contributed by atoms with Gasteiger partial charge in [0.2, 0.25) is 0 Å². The molecule has 3 atom stereocenters. The summed E-state index contributed by atoms with van der Waals surface area (Å²) < 4.78 is 18.0. The van der Waals surface area contributed by atoms with E-state index in [1.807, 2.05) is 45.0 Å². The number of hydrogen-bond donors (Lipinski definition) is 0. The molecule has 0 radical (unpaired) electrons. The fraction of sp³-hybridized carbons (Fsp3) is 0.440. The van der Waals surface area contributed by atoms with Crippen molar-refractivity contribution in [2.24, 2.45) is 0 Å². The second-order valence-electron chi connectivity index (χ2n) is 9.52. The Labute approximate surface area is 182 Å². The molecule has 5 rings (SSSR count). The maximum Gasteiger partial charge on any atom is 0.410 e. The number of hydrogen-bond acceptors (Lipinski definition) is 5. The van der Waals surface area contributed by atoms with Crippen molar-refractivity contribution in [2.75, 3.05) is 20.3 Å². The van der Waals surface area contributed by atoms with Crippen LogP contribution in [0.15, 0.2) is 48.5 Å². The van der Waals surface area contributed by atoms with E-state index in [1.165, 1.54) is 12.0 Å². The van der Waals surface area contributed by atoms with E-state index in [0.29, 0.717) is 0 Å². The van der Waals surface area contributed by atoms with Crippen LogP contribution in [0, 0.1) is 0 Å². The molecular formula is C25H27NO5. The van der Waals surface area contributed by atoms with Crippen LogP contribution in [-0.4, -0.2) is 60.4 Å². The second kappa shape index (κ2) is 6.90. The average molecular weight is 421 g/mol. The largest absolute Gasteiger partial charge is 0.453 e. The van der Waals surface area contributed by atoms with E-state index in [1.54, 1.807) is 0 Å². The highest BCUT2D eigenvalue weighted by atomic mass is 16.6. The number of Topliss-reactive ketones (excluding diaryl/α,β-unsaturated/α-hetero) is 1. The predicted octanol–water partition coefficient (Wildman–Crippen LogP) is 3.77. The summed E-state index contributed by atoms with van der Waals surface area (Å²) in [6.45, 7) is 6.16. The number of carbonyl (C=O) groups excluding carboxylic acids is 2. The van der Waals surface area contributed by atoms with E-state index in [2.05, 4.69) is 24.3 Å². The Morgan fingerprint density at radius 2 is 1.65 bits per heavy atom. The van der Waals surface area contributed by atoms with Gasteiger partial charge < -0.3 is 14.2 Å². The summed E-state index contributed by atoms with van der Waals surface area (Å²) in [7, 11) is 1.34. The zero-order valence-corrected chi connectivity index (χ0v) is 18.3.